The maximum atomic E-state index is 12.1. The maximum Gasteiger partial charge on any atom is 0.335 e. The molecule has 0 unspecified atom stereocenters. The fourth-order valence-electron chi connectivity index (χ4n) is 1.80. The second-order valence-corrected chi connectivity index (χ2v) is 6.13. The van der Waals surface area contributed by atoms with E-state index in [0.717, 1.165) is 0 Å². The Balaban J connectivity index is 3.09. The van der Waals surface area contributed by atoms with Crippen LogP contribution >= 0.6 is 0 Å². The van der Waals surface area contributed by atoms with Crippen molar-refractivity contribution in [1.29, 1.82) is 5.26 Å². The Hall–Kier alpha value is -1.91. The molecular formula is C13H16N2O4S. The lowest BCUT2D eigenvalue weighted by Crippen LogP contribution is -2.26. The first-order chi connectivity index (χ1) is 9.29. The van der Waals surface area contributed by atoms with Crippen molar-refractivity contribution >= 4 is 16.0 Å². The zero-order valence-electron chi connectivity index (χ0n) is 11.3. The quantitative estimate of drug-likeness (QED) is 0.775. The Bertz CT molecular complexity index is 660. The summed E-state index contributed by atoms with van der Waals surface area (Å²) in [6.07, 6.45) is 0.669. The molecule has 108 valence electrons. The van der Waals surface area contributed by atoms with Crippen molar-refractivity contribution in [2.75, 3.05) is 6.54 Å². The van der Waals surface area contributed by atoms with E-state index in [-0.39, 0.29) is 23.4 Å². The van der Waals surface area contributed by atoms with E-state index < -0.39 is 16.0 Å². The van der Waals surface area contributed by atoms with Crippen LogP contribution in [-0.2, 0) is 10.0 Å². The summed E-state index contributed by atoms with van der Waals surface area (Å²) in [4.78, 5) is 11.0. The molecular weight excluding hydrogens is 280 g/mol. The van der Waals surface area contributed by atoms with Gasteiger partial charge in [0.15, 0.2) is 0 Å². The zero-order chi connectivity index (χ0) is 15.3. The third kappa shape index (κ3) is 3.79. The first kappa shape index (κ1) is 16.1. The van der Waals surface area contributed by atoms with Crippen LogP contribution in [0, 0.1) is 25.2 Å². The average Bonchev–Trinajstić information content (AvgIpc) is 2.33. The Labute approximate surface area is 118 Å². The van der Waals surface area contributed by atoms with E-state index >= 15 is 0 Å². The molecule has 0 aliphatic rings. The third-order valence-corrected chi connectivity index (χ3v) is 4.40. The van der Waals surface area contributed by atoms with E-state index in [1.165, 1.54) is 12.1 Å². The second-order valence-electron chi connectivity index (χ2n) is 4.40. The van der Waals surface area contributed by atoms with Crippen LogP contribution in [0.1, 0.15) is 34.3 Å². The van der Waals surface area contributed by atoms with Gasteiger partial charge in [-0.2, -0.15) is 5.26 Å². The molecule has 0 fully saturated rings. The highest BCUT2D eigenvalue weighted by atomic mass is 32.2. The van der Waals surface area contributed by atoms with Gasteiger partial charge >= 0.3 is 5.97 Å². The minimum Gasteiger partial charge on any atom is -0.478 e. The van der Waals surface area contributed by atoms with E-state index in [4.69, 9.17) is 10.4 Å². The van der Waals surface area contributed by atoms with E-state index in [1.54, 1.807) is 13.8 Å². The molecule has 0 amide bonds. The van der Waals surface area contributed by atoms with Crippen LogP contribution in [0.5, 0.6) is 0 Å². The normalized spacial score (nSPS) is 11.1. The Morgan fingerprint density at radius 2 is 2.00 bits per heavy atom. The Morgan fingerprint density at radius 3 is 2.55 bits per heavy atom. The van der Waals surface area contributed by atoms with Crippen molar-refractivity contribution < 1.29 is 18.3 Å². The van der Waals surface area contributed by atoms with Gasteiger partial charge in [-0.25, -0.2) is 17.9 Å². The average molecular weight is 296 g/mol. The first-order valence-electron chi connectivity index (χ1n) is 6.00. The van der Waals surface area contributed by atoms with Crippen LogP contribution in [0.3, 0.4) is 0 Å². The minimum atomic E-state index is -3.77. The predicted molar refractivity (Wildman–Crippen MR) is 72.9 cm³/mol. The summed E-state index contributed by atoms with van der Waals surface area (Å²) in [6.45, 7) is 3.38. The first-order valence-corrected chi connectivity index (χ1v) is 7.49. The smallest absolute Gasteiger partial charge is 0.335 e. The van der Waals surface area contributed by atoms with Crippen molar-refractivity contribution in [2.45, 2.75) is 31.6 Å². The molecule has 0 aliphatic heterocycles. The second kappa shape index (κ2) is 6.50. The number of nitriles is 1. The summed E-state index contributed by atoms with van der Waals surface area (Å²) in [5.74, 6) is -1.16. The zero-order valence-corrected chi connectivity index (χ0v) is 12.1. The van der Waals surface area contributed by atoms with E-state index in [0.29, 0.717) is 17.5 Å². The molecule has 0 aliphatic carbocycles. The van der Waals surface area contributed by atoms with Crippen LogP contribution in [-0.4, -0.2) is 26.0 Å². The van der Waals surface area contributed by atoms with Crippen LogP contribution in [0.4, 0.5) is 0 Å². The lowest BCUT2D eigenvalue weighted by Gasteiger charge is -2.11. The molecule has 0 bridgehead atoms. The van der Waals surface area contributed by atoms with Gasteiger partial charge in [-0.15, -0.1) is 0 Å². The van der Waals surface area contributed by atoms with Crippen LogP contribution in [0.25, 0.3) is 0 Å². The number of nitrogens with zero attached hydrogens (tertiary/aromatic N) is 1. The number of hydrogen-bond acceptors (Lipinski definition) is 4. The molecule has 20 heavy (non-hydrogen) atoms. The summed E-state index contributed by atoms with van der Waals surface area (Å²) >= 11 is 0. The number of carbonyl (C=O) groups is 1. The molecule has 0 saturated carbocycles. The van der Waals surface area contributed by atoms with Crippen LogP contribution < -0.4 is 4.72 Å². The SMILES string of the molecule is Cc1cc(C)c(S(=O)(=O)NCCCC#N)cc1C(=O)O. The topological polar surface area (TPSA) is 107 Å². The highest BCUT2D eigenvalue weighted by Gasteiger charge is 2.20. The van der Waals surface area contributed by atoms with E-state index in [9.17, 15) is 13.2 Å². The predicted octanol–water partition coefficient (Wildman–Crippen LogP) is 1.58. The number of rotatable bonds is 6. The van der Waals surface area contributed by atoms with E-state index in [1.807, 2.05) is 6.07 Å². The number of sulfonamides is 1. The molecule has 0 aromatic heterocycles. The van der Waals surface area contributed by atoms with Crippen LogP contribution in [0.2, 0.25) is 0 Å². The van der Waals surface area contributed by atoms with E-state index in [2.05, 4.69) is 4.72 Å². The number of carboxylic acid groups (broad SMARTS) is 1. The Kier molecular flexibility index (Phi) is 5.25. The number of unbranched alkanes of at least 4 members (excludes halogenated alkanes) is 1. The van der Waals surface area contributed by atoms with Gasteiger partial charge in [0.05, 0.1) is 16.5 Å². The largest absolute Gasteiger partial charge is 0.478 e. The molecule has 0 saturated heterocycles. The lowest BCUT2D eigenvalue weighted by atomic mass is 10.1. The molecule has 0 spiro atoms. The number of hydrogen-bond donors (Lipinski definition) is 2. The van der Waals surface area contributed by atoms with Gasteiger partial charge in [0.25, 0.3) is 0 Å². The number of benzene rings is 1. The summed E-state index contributed by atoms with van der Waals surface area (Å²) in [6, 6.07) is 4.63. The summed E-state index contributed by atoms with van der Waals surface area (Å²) < 4.78 is 26.6. The third-order valence-electron chi connectivity index (χ3n) is 2.80. The molecule has 2 N–H and O–H groups in total. The van der Waals surface area contributed by atoms with Crippen molar-refractivity contribution in [1.82, 2.24) is 4.72 Å². The van der Waals surface area contributed by atoms with Crippen molar-refractivity contribution in [2.24, 2.45) is 0 Å². The van der Waals surface area contributed by atoms with Gasteiger partial charge in [0, 0.05) is 13.0 Å². The molecule has 6 nitrogen and oxygen atoms in total. The maximum absolute atomic E-state index is 12.1. The lowest BCUT2D eigenvalue weighted by molar-refractivity contribution is 0.0696. The molecule has 0 atom stereocenters. The molecule has 1 aromatic rings. The molecule has 0 radical (unpaired) electrons. The molecule has 0 heterocycles. The molecule has 1 rings (SSSR count). The summed E-state index contributed by atoms with van der Waals surface area (Å²) in [5, 5.41) is 17.4. The van der Waals surface area contributed by atoms with Gasteiger partial charge < -0.3 is 5.11 Å². The van der Waals surface area contributed by atoms with Crippen molar-refractivity contribution in [3.05, 3.63) is 28.8 Å². The highest BCUT2D eigenvalue weighted by Crippen LogP contribution is 2.20. The highest BCUT2D eigenvalue weighted by molar-refractivity contribution is 7.89. The van der Waals surface area contributed by atoms with Gasteiger partial charge in [-0.05, 0) is 37.5 Å². The number of nitrogens with one attached hydrogen (secondary N) is 1. The number of aromatic carboxylic acids is 1. The van der Waals surface area contributed by atoms with Crippen molar-refractivity contribution in [3.63, 3.8) is 0 Å². The number of aryl methyl sites for hydroxylation is 2. The van der Waals surface area contributed by atoms with Gasteiger partial charge in [0.2, 0.25) is 10.0 Å². The molecule has 7 heteroatoms. The summed E-state index contributed by atoms with van der Waals surface area (Å²) in [5.41, 5.74) is 0.965. The molecule has 1 aromatic carbocycles. The van der Waals surface area contributed by atoms with Gasteiger partial charge in [0.1, 0.15) is 0 Å². The number of carboxylic acids is 1. The van der Waals surface area contributed by atoms with Gasteiger partial charge in [-0.1, -0.05) is 6.07 Å². The monoisotopic (exact) mass is 296 g/mol. The Morgan fingerprint density at radius 1 is 1.35 bits per heavy atom. The van der Waals surface area contributed by atoms with Gasteiger partial charge in [-0.3, -0.25) is 0 Å². The minimum absolute atomic E-state index is 0.0343. The van der Waals surface area contributed by atoms with Crippen LogP contribution in [0.15, 0.2) is 17.0 Å². The fourth-order valence-corrected chi connectivity index (χ4v) is 3.13. The standard InChI is InChI=1S/C13H16N2O4S/c1-9-7-10(2)12(8-11(9)13(16)17)20(18,19)15-6-4-3-5-14/h7-8,15H,3-4,6H2,1-2H3,(H,16,17). The summed E-state index contributed by atoms with van der Waals surface area (Å²) in [7, 11) is -3.77. The van der Waals surface area contributed by atoms with Crippen molar-refractivity contribution in [3.8, 4) is 6.07 Å². The fraction of sp³-hybridized carbons (Fsp3) is 0.385.